The van der Waals surface area contributed by atoms with Crippen LogP contribution in [-0.2, 0) is 31.9 Å². The van der Waals surface area contributed by atoms with Crippen molar-refractivity contribution in [3.05, 3.63) is 35.4 Å². The minimum atomic E-state index is -1.47. The fourth-order valence-electron chi connectivity index (χ4n) is 6.55. The van der Waals surface area contributed by atoms with E-state index in [1.54, 1.807) is 0 Å². The molecule has 0 spiro atoms. The molecule has 0 unspecified atom stereocenters. The number of unbranched alkanes of at least 4 members (excludes halogenated alkanes) is 4. The first-order valence-corrected chi connectivity index (χ1v) is 17.1. The molecule has 2 atom stereocenters. The Morgan fingerprint density at radius 2 is 1.00 bits per heavy atom. The van der Waals surface area contributed by atoms with Crippen molar-refractivity contribution in [2.75, 3.05) is 0 Å². The van der Waals surface area contributed by atoms with Crippen LogP contribution >= 0.6 is 0 Å². The van der Waals surface area contributed by atoms with Gasteiger partial charge in [-0.1, -0.05) is 63.8 Å². The number of carbonyl (C=O) groups excluding carboxylic acids is 2. The molecule has 2 saturated carbocycles. The van der Waals surface area contributed by atoms with E-state index < -0.39 is 24.3 Å². The van der Waals surface area contributed by atoms with Crippen LogP contribution in [0, 0.1) is 11.8 Å². The van der Waals surface area contributed by atoms with E-state index in [0.29, 0.717) is 11.8 Å². The van der Waals surface area contributed by atoms with Gasteiger partial charge >= 0.3 is 11.9 Å². The van der Waals surface area contributed by atoms with E-state index in [2.05, 4.69) is 38.1 Å². The smallest absolute Gasteiger partial charge is 0.340 e. The number of esters is 2. The van der Waals surface area contributed by atoms with Crippen LogP contribution in [0.4, 0.5) is 8.78 Å². The van der Waals surface area contributed by atoms with Crippen LogP contribution in [0.25, 0.3) is 0 Å². The van der Waals surface area contributed by atoms with Crippen LogP contribution in [0.5, 0.6) is 0 Å². The van der Waals surface area contributed by atoms with E-state index in [4.69, 9.17) is 9.47 Å². The lowest BCUT2D eigenvalue weighted by molar-refractivity contribution is -0.158. The number of carbonyl (C=O) groups is 2. The van der Waals surface area contributed by atoms with E-state index >= 15 is 0 Å². The van der Waals surface area contributed by atoms with Crippen LogP contribution in [0.2, 0.25) is 0 Å². The SMILES string of the molecule is CCCCC[C@@H](F)C(=O)OC1CCC(CCc2ccc(CCC3CCC(OC(=O)[C@H](F)CCCCC)CC3)cc2)CC1. The normalized spacial score (nSPS) is 24.1. The summed E-state index contributed by atoms with van der Waals surface area (Å²) in [6, 6.07) is 9.03. The summed E-state index contributed by atoms with van der Waals surface area (Å²) >= 11 is 0. The molecule has 6 heteroatoms. The average molecular weight is 591 g/mol. The Balaban J connectivity index is 1.26. The van der Waals surface area contributed by atoms with Gasteiger partial charge in [0.05, 0.1) is 0 Å². The van der Waals surface area contributed by atoms with Gasteiger partial charge in [0.2, 0.25) is 0 Å². The molecule has 0 heterocycles. The Morgan fingerprint density at radius 1 is 0.643 bits per heavy atom. The second-order valence-electron chi connectivity index (χ2n) is 13.0. The van der Waals surface area contributed by atoms with Crippen molar-refractivity contribution in [3.8, 4) is 0 Å². The first kappa shape index (κ1) is 34.5. The highest BCUT2D eigenvalue weighted by Crippen LogP contribution is 2.32. The maximum absolute atomic E-state index is 14.0. The van der Waals surface area contributed by atoms with Crippen molar-refractivity contribution in [2.24, 2.45) is 11.8 Å². The lowest BCUT2D eigenvalue weighted by Crippen LogP contribution is -2.29. The molecule has 4 nitrogen and oxygen atoms in total. The van der Waals surface area contributed by atoms with Crippen molar-refractivity contribution in [2.45, 2.75) is 167 Å². The Labute approximate surface area is 253 Å². The van der Waals surface area contributed by atoms with Crippen molar-refractivity contribution in [1.29, 1.82) is 0 Å². The van der Waals surface area contributed by atoms with Gasteiger partial charge in [0.25, 0.3) is 0 Å². The van der Waals surface area contributed by atoms with Gasteiger partial charge in [-0.25, -0.2) is 18.4 Å². The molecular weight excluding hydrogens is 534 g/mol. The zero-order valence-corrected chi connectivity index (χ0v) is 26.3. The van der Waals surface area contributed by atoms with Gasteiger partial charge in [-0.3, -0.25) is 0 Å². The van der Waals surface area contributed by atoms with Crippen LogP contribution in [-0.4, -0.2) is 36.5 Å². The summed E-state index contributed by atoms with van der Waals surface area (Å²) in [5.74, 6) is -0.0478. The maximum Gasteiger partial charge on any atom is 0.340 e. The highest BCUT2D eigenvalue weighted by molar-refractivity contribution is 5.75. The standard InChI is InChI=1S/C36H56F2O4/c1-3-5-7-9-33(37)35(39)41-31-23-19-29(20-24-31)17-15-27-11-13-28(14-12-27)16-18-30-21-25-32(26-22-30)42-36(40)34(38)10-8-6-4-2/h11-14,29-34H,3-10,15-26H2,1-2H3/t29?,30?,31?,32?,33-,34-/m1/s1. The number of hydrogen-bond acceptors (Lipinski definition) is 4. The van der Waals surface area contributed by atoms with E-state index in [9.17, 15) is 18.4 Å². The van der Waals surface area contributed by atoms with Gasteiger partial charge in [0, 0.05) is 0 Å². The zero-order valence-electron chi connectivity index (χ0n) is 26.3. The van der Waals surface area contributed by atoms with Crippen molar-refractivity contribution >= 4 is 11.9 Å². The first-order valence-electron chi connectivity index (χ1n) is 17.1. The predicted octanol–water partition coefficient (Wildman–Crippen LogP) is 9.59. The Morgan fingerprint density at radius 3 is 1.33 bits per heavy atom. The van der Waals surface area contributed by atoms with Crippen LogP contribution in [0.1, 0.15) is 141 Å². The molecule has 2 fully saturated rings. The number of alkyl halides is 2. The van der Waals surface area contributed by atoms with Gasteiger partial charge in [0.15, 0.2) is 12.3 Å². The number of rotatable bonds is 18. The lowest BCUT2D eigenvalue weighted by Gasteiger charge is -2.29. The molecule has 2 aliphatic carbocycles. The van der Waals surface area contributed by atoms with Gasteiger partial charge in [0.1, 0.15) is 12.2 Å². The molecule has 2 aliphatic rings. The molecule has 0 radical (unpaired) electrons. The minimum absolute atomic E-state index is 0.120. The summed E-state index contributed by atoms with van der Waals surface area (Å²) in [6.07, 6.45) is 14.7. The molecule has 1 aromatic rings. The molecular formula is C36H56F2O4. The number of benzene rings is 1. The molecule has 1 aromatic carbocycles. The number of aryl methyl sites for hydroxylation is 2. The summed E-state index contributed by atoms with van der Waals surface area (Å²) in [7, 11) is 0. The Bertz CT molecular complexity index is 815. The molecule has 238 valence electrons. The molecule has 0 amide bonds. The molecule has 0 N–H and O–H groups in total. The number of hydrogen-bond donors (Lipinski definition) is 0. The predicted molar refractivity (Wildman–Crippen MR) is 165 cm³/mol. The molecule has 0 aliphatic heterocycles. The highest BCUT2D eigenvalue weighted by Gasteiger charge is 2.28. The second-order valence-corrected chi connectivity index (χ2v) is 13.0. The fraction of sp³-hybridized carbons (Fsp3) is 0.778. The van der Waals surface area contributed by atoms with Crippen molar-refractivity contribution in [3.63, 3.8) is 0 Å². The van der Waals surface area contributed by atoms with Crippen LogP contribution < -0.4 is 0 Å². The fourth-order valence-corrected chi connectivity index (χ4v) is 6.55. The summed E-state index contributed by atoms with van der Waals surface area (Å²) in [5.41, 5.74) is 2.73. The largest absolute Gasteiger partial charge is 0.460 e. The number of ether oxygens (including phenoxy) is 2. The monoisotopic (exact) mass is 590 g/mol. The van der Waals surface area contributed by atoms with Gasteiger partial charge in [-0.15, -0.1) is 0 Å². The van der Waals surface area contributed by atoms with Gasteiger partial charge in [-0.2, -0.15) is 0 Å². The quantitative estimate of drug-likeness (QED) is 0.126. The van der Waals surface area contributed by atoms with E-state index in [1.807, 2.05) is 0 Å². The first-order chi connectivity index (χ1) is 20.4. The summed E-state index contributed by atoms with van der Waals surface area (Å²) in [6.45, 7) is 4.14. The third-order valence-electron chi connectivity index (χ3n) is 9.49. The molecule has 3 rings (SSSR count). The van der Waals surface area contributed by atoms with E-state index in [1.165, 1.54) is 11.1 Å². The van der Waals surface area contributed by atoms with Gasteiger partial charge < -0.3 is 9.47 Å². The lowest BCUT2D eigenvalue weighted by atomic mass is 9.83. The van der Waals surface area contributed by atoms with Crippen LogP contribution in [0.3, 0.4) is 0 Å². The zero-order chi connectivity index (χ0) is 30.2. The minimum Gasteiger partial charge on any atom is -0.460 e. The third kappa shape index (κ3) is 12.7. The third-order valence-corrected chi connectivity index (χ3v) is 9.49. The van der Waals surface area contributed by atoms with E-state index in [0.717, 1.165) is 116 Å². The van der Waals surface area contributed by atoms with Crippen LogP contribution in [0.15, 0.2) is 24.3 Å². The molecule has 0 bridgehead atoms. The molecule has 0 aromatic heterocycles. The Hall–Kier alpha value is -1.98. The van der Waals surface area contributed by atoms with Crippen molar-refractivity contribution in [1.82, 2.24) is 0 Å². The average Bonchev–Trinajstić information content (AvgIpc) is 3.01. The summed E-state index contributed by atoms with van der Waals surface area (Å²) in [4.78, 5) is 24.1. The van der Waals surface area contributed by atoms with E-state index in [-0.39, 0.29) is 25.0 Å². The summed E-state index contributed by atoms with van der Waals surface area (Å²) in [5, 5.41) is 0. The maximum atomic E-state index is 14.0. The Kier molecular flexibility index (Phi) is 15.9. The highest BCUT2D eigenvalue weighted by atomic mass is 19.1. The summed E-state index contributed by atoms with van der Waals surface area (Å²) < 4.78 is 39.0. The van der Waals surface area contributed by atoms with Gasteiger partial charge in [-0.05, 0) is 126 Å². The molecule has 0 saturated heterocycles. The number of halogens is 2. The van der Waals surface area contributed by atoms with Crippen molar-refractivity contribution < 1.29 is 27.8 Å². The topological polar surface area (TPSA) is 52.6 Å². The second kappa shape index (κ2) is 19.3. The molecule has 42 heavy (non-hydrogen) atoms.